The lowest BCUT2D eigenvalue weighted by atomic mass is 10.0. The molecule has 0 saturated carbocycles. The zero-order chi connectivity index (χ0) is 13.2. The Balaban J connectivity index is 2.07. The molecule has 1 aromatic carbocycles. The lowest BCUT2D eigenvalue weighted by Gasteiger charge is -2.17. The van der Waals surface area contributed by atoms with Crippen LogP contribution in [0.1, 0.15) is 23.6 Å². The van der Waals surface area contributed by atoms with Crippen LogP contribution in [0.3, 0.4) is 0 Å². The van der Waals surface area contributed by atoms with Crippen LogP contribution < -0.4 is 5.73 Å². The Morgan fingerprint density at radius 2 is 1.94 bits per heavy atom. The lowest BCUT2D eigenvalue weighted by molar-refractivity contribution is -0.137. The summed E-state index contributed by atoms with van der Waals surface area (Å²) in [7, 11) is 0. The average molecular weight is 261 g/mol. The average Bonchev–Trinajstić information content (AvgIpc) is 2.81. The Bertz CT molecular complexity index is 403. The fraction of sp³-hybridized carbons (Fsp3) is 0.500. The molecule has 1 unspecified atom stereocenters. The molecule has 0 aromatic heterocycles. The molecule has 100 valence electrons. The van der Waals surface area contributed by atoms with Crippen molar-refractivity contribution in [2.75, 3.05) is 13.2 Å². The SMILES string of the molecule is NC(CC1OCCO1)c1cccc(C(F)(F)F)c1. The molecule has 1 aromatic rings. The van der Waals surface area contributed by atoms with E-state index < -0.39 is 24.1 Å². The van der Waals surface area contributed by atoms with Crippen molar-refractivity contribution in [3.05, 3.63) is 35.4 Å². The predicted molar refractivity (Wildman–Crippen MR) is 58.7 cm³/mol. The summed E-state index contributed by atoms with van der Waals surface area (Å²) in [5.41, 5.74) is 5.60. The second-order valence-electron chi connectivity index (χ2n) is 4.14. The van der Waals surface area contributed by atoms with E-state index in [0.29, 0.717) is 25.2 Å². The highest BCUT2D eigenvalue weighted by atomic mass is 19.4. The molecule has 1 heterocycles. The zero-order valence-electron chi connectivity index (χ0n) is 9.61. The highest BCUT2D eigenvalue weighted by Crippen LogP contribution is 2.31. The van der Waals surface area contributed by atoms with E-state index in [9.17, 15) is 13.2 Å². The Morgan fingerprint density at radius 1 is 1.28 bits per heavy atom. The van der Waals surface area contributed by atoms with Gasteiger partial charge in [0.2, 0.25) is 0 Å². The maximum Gasteiger partial charge on any atom is 0.416 e. The van der Waals surface area contributed by atoms with E-state index in [-0.39, 0.29) is 0 Å². The van der Waals surface area contributed by atoms with E-state index in [4.69, 9.17) is 15.2 Å². The van der Waals surface area contributed by atoms with Gasteiger partial charge in [0.15, 0.2) is 6.29 Å². The predicted octanol–water partition coefficient (Wildman–Crippen LogP) is 2.47. The van der Waals surface area contributed by atoms with Gasteiger partial charge in [0.05, 0.1) is 18.8 Å². The van der Waals surface area contributed by atoms with Gasteiger partial charge >= 0.3 is 6.18 Å². The topological polar surface area (TPSA) is 44.5 Å². The molecule has 1 aliphatic rings. The van der Waals surface area contributed by atoms with E-state index in [2.05, 4.69) is 0 Å². The van der Waals surface area contributed by atoms with E-state index in [1.807, 2.05) is 0 Å². The monoisotopic (exact) mass is 261 g/mol. The maximum absolute atomic E-state index is 12.5. The van der Waals surface area contributed by atoms with Crippen LogP contribution in [-0.4, -0.2) is 19.5 Å². The highest BCUT2D eigenvalue weighted by Gasteiger charge is 2.31. The summed E-state index contributed by atoms with van der Waals surface area (Å²) < 4.78 is 48.1. The molecule has 1 saturated heterocycles. The first-order chi connectivity index (χ1) is 8.47. The fourth-order valence-corrected chi connectivity index (χ4v) is 1.83. The summed E-state index contributed by atoms with van der Waals surface area (Å²) in [5, 5.41) is 0. The molecule has 6 heteroatoms. The van der Waals surface area contributed by atoms with Crippen molar-refractivity contribution >= 4 is 0 Å². The van der Waals surface area contributed by atoms with Crippen molar-refractivity contribution < 1.29 is 22.6 Å². The number of hydrogen-bond acceptors (Lipinski definition) is 3. The third-order valence-electron chi connectivity index (χ3n) is 2.78. The van der Waals surface area contributed by atoms with Crippen LogP contribution in [-0.2, 0) is 15.7 Å². The first-order valence-electron chi connectivity index (χ1n) is 5.63. The van der Waals surface area contributed by atoms with E-state index in [1.165, 1.54) is 6.07 Å². The summed E-state index contributed by atoms with van der Waals surface area (Å²) in [6, 6.07) is 4.50. The molecule has 3 nitrogen and oxygen atoms in total. The fourth-order valence-electron chi connectivity index (χ4n) is 1.83. The van der Waals surface area contributed by atoms with E-state index in [1.54, 1.807) is 6.07 Å². The summed E-state index contributed by atoms with van der Waals surface area (Å²) >= 11 is 0. The first-order valence-corrected chi connectivity index (χ1v) is 5.63. The standard InChI is InChI=1S/C12H14F3NO2/c13-12(14,15)9-3-1-2-8(6-9)10(16)7-11-17-4-5-18-11/h1-3,6,10-11H,4-5,7,16H2. The Kier molecular flexibility index (Phi) is 3.89. The van der Waals surface area contributed by atoms with Gasteiger partial charge in [-0.05, 0) is 17.7 Å². The molecule has 0 radical (unpaired) electrons. The van der Waals surface area contributed by atoms with Crippen molar-refractivity contribution in [1.29, 1.82) is 0 Å². The number of ether oxygens (including phenoxy) is 2. The van der Waals surface area contributed by atoms with Crippen LogP contribution in [0.2, 0.25) is 0 Å². The molecule has 0 amide bonds. The van der Waals surface area contributed by atoms with Gasteiger partial charge < -0.3 is 15.2 Å². The van der Waals surface area contributed by atoms with Crippen LogP contribution in [0.5, 0.6) is 0 Å². The molecular formula is C12H14F3NO2. The van der Waals surface area contributed by atoms with Crippen molar-refractivity contribution in [3.63, 3.8) is 0 Å². The number of hydrogen-bond donors (Lipinski definition) is 1. The van der Waals surface area contributed by atoms with E-state index in [0.717, 1.165) is 12.1 Å². The third kappa shape index (κ3) is 3.22. The normalized spacial score (nSPS) is 19.1. The van der Waals surface area contributed by atoms with Crippen LogP contribution in [0.25, 0.3) is 0 Å². The summed E-state index contributed by atoms with van der Waals surface area (Å²) in [6.45, 7) is 1.000. The second-order valence-corrected chi connectivity index (χ2v) is 4.14. The summed E-state index contributed by atoms with van der Waals surface area (Å²) in [4.78, 5) is 0. The largest absolute Gasteiger partial charge is 0.416 e. The van der Waals surface area contributed by atoms with Crippen LogP contribution >= 0.6 is 0 Å². The summed E-state index contributed by atoms with van der Waals surface area (Å²) in [5.74, 6) is 0. The van der Waals surface area contributed by atoms with Gasteiger partial charge in [0.25, 0.3) is 0 Å². The van der Waals surface area contributed by atoms with E-state index >= 15 is 0 Å². The summed E-state index contributed by atoms with van der Waals surface area (Å²) in [6.07, 6.45) is -4.42. The first kappa shape index (κ1) is 13.3. The van der Waals surface area contributed by atoms with Gasteiger partial charge in [-0.25, -0.2) is 0 Å². The Labute approximate surface area is 103 Å². The second kappa shape index (κ2) is 5.26. The minimum atomic E-state index is -4.35. The molecule has 0 spiro atoms. The van der Waals surface area contributed by atoms with Gasteiger partial charge in [-0.1, -0.05) is 12.1 Å². The van der Waals surface area contributed by atoms with Gasteiger partial charge in [0.1, 0.15) is 0 Å². The van der Waals surface area contributed by atoms with Gasteiger partial charge in [0, 0.05) is 12.5 Å². The molecular weight excluding hydrogens is 247 g/mol. The lowest BCUT2D eigenvalue weighted by Crippen LogP contribution is -2.20. The molecule has 2 N–H and O–H groups in total. The minimum Gasteiger partial charge on any atom is -0.350 e. The highest BCUT2D eigenvalue weighted by molar-refractivity contribution is 5.27. The zero-order valence-corrected chi connectivity index (χ0v) is 9.61. The van der Waals surface area contributed by atoms with Crippen LogP contribution in [0.15, 0.2) is 24.3 Å². The van der Waals surface area contributed by atoms with Crippen molar-refractivity contribution in [2.45, 2.75) is 24.9 Å². The third-order valence-corrected chi connectivity index (χ3v) is 2.78. The molecule has 0 aliphatic carbocycles. The molecule has 1 aliphatic heterocycles. The van der Waals surface area contributed by atoms with Crippen LogP contribution in [0, 0.1) is 0 Å². The van der Waals surface area contributed by atoms with Crippen molar-refractivity contribution in [1.82, 2.24) is 0 Å². The number of rotatable bonds is 3. The van der Waals surface area contributed by atoms with Crippen LogP contribution in [0.4, 0.5) is 13.2 Å². The van der Waals surface area contributed by atoms with Gasteiger partial charge in [-0.2, -0.15) is 13.2 Å². The molecule has 0 bridgehead atoms. The number of halogens is 3. The molecule has 18 heavy (non-hydrogen) atoms. The van der Waals surface area contributed by atoms with Gasteiger partial charge in [-0.15, -0.1) is 0 Å². The minimum absolute atomic E-state index is 0.349. The maximum atomic E-state index is 12.5. The molecule has 2 rings (SSSR count). The Hall–Kier alpha value is -1.11. The Morgan fingerprint density at radius 3 is 2.56 bits per heavy atom. The smallest absolute Gasteiger partial charge is 0.350 e. The van der Waals surface area contributed by atoms with Crippen molar-refractivity contribution in [3.8, 4) is 0 Å². The number of alkyl halides is 3. The molecule has 1 fully saturated rings. The molecule has 1 atom stereocenters. The number of benzene rings is 1. The quantitative estimate of drug-likeness (QED) is 0.909. The van der Waals surface area contributed by atoms with Crippen molar-refractivity contribution in [2.24, 2.45) is 5.73 Å². The van der Waals surface area contributed by atoms with Gasteiger partial charge in [-0.3, -0.25) is 0 Å². The number of nitrogens with two attached hydrogens (primary N) is 1.